The van der Waals surface area contributed by atoms with Crippen molar-refractivity contribution >= 4 is 23.6 Å². The first-order valence-corrected chi connectivity index (χ1v) is 9.61. The predicted octanol–water partition coefficient (Wildman–Crippen LogP) is 1.26. The zero-order valence-electron chi connectivity index (χ0n) is 17.3. The third kappa shape index (κ3) is 10.5. The quantitative estimate of drug-likeness (QED) is 0.369. The molecule has 0 fully saturated rings. The maximum Gasteiger partial charge on any atom is 0.407 e. The van der Waals surface area contributed by atoms with Gasteiger partial charge in [-0.05, 0) is 57.7 Å². The van der Waals surface area contributed by atoms with E-state index < -0.39 is 23.6 Å². The Morgan fingerprint density at radius 3 is 2.34 bits per heavy atom. The van der Waals surface area contributed by atoms with E-state index in [1.54, 1.807) is 45.0 Å². The number of hydrogen-bond donors (Lipinski definition) is 5. The second-order valence-electron chi connectivity index (χ2n) is 7.59. The molecule has 0 aromatic heterocycles. The van der Waals surface area contributed by atoms with E-state index in [1.165, 1.54) is 0 Å². The molecular formula is C20H32N4O5. The summed E-state index contributed by atoms with van der Waals surface area (Å²) in [6.45, 7) is 5.46. The molecular weight excluding hydrogens is 376 g/mol. The van der Waals surface area contributed by atoms with Gasteiger partial charge in [-0.3, -0.25) is 9.59 Å². The Balaban J connectivity index is 2.51. The van der Waals surface area contributed by atoms with Gasteiger partial charge in [0.15, 0.2) is 0 Å². The van der Waals surface area contributed by atoms with Crippen LogP contribution in [0.5, 0.6) is 0 Å². The molecule has 0 bridgehead atoms. The number of carbonyl (C=O) groups is 3. The lowest BCUT2D eigenvalue weighted by Crippen LogP contribution is -2.46. The van der Waals surface area contributed by atoms with E-state index in [4.69, 9.17) is 15.6 Å². The standard InChI is InChI=1S/C20H32N4O5/c1-20(2,3)29-19(28)22-11-5-4-6-16(24-17(26)12-21)18(27)23-15-9-7-14(13-25)8-10-15/h7-10,16,25H,4-6,11-13,21H2,1-3H3,(H,22,28)(H,23,27)(H,24,26). The lowest BCUT2D eigenvalue weighted by atomic mass is 10.1. The number of unbranched alkanes of at least 4 members (excludes halogenated alkanes) is 1. The van der Waals surface area contributed by atoms with Crippen LogP contribution in [0.15, 0.2) is 24.3 Å². The number of rotatable bonds is 10. The summed E-state index contributed by atoms with van der Waals surface area (Å²) < 4.78 is 5.15. The van der Waals surface area contributed by atoms with Gasteiger partial charge in [0.1, 0.15) is 11.6 Å². The lowest BCUT2D eigenvalue weighted by Gasteiger charge is -2.20. The van der Waals surface area contributed by atoms with Crippen molar-refractivity contribution < 1.29 is 24.2 Å². The van der Waals surface area contributed by atoms with Crippen LogP contribution >= 0.6 is 0 Å². The number of ether oxygens (including phenoxy) is 1. The zero-order valence-corrected chi connectivity index (χ0v) is 17.3. The van der Waals surface area contributed by atoms with Gasteiger partial charge in [0.25, 0.3) is 0 Å². The van der Waals surface area contributed by atoms with Crippen LogP contribution < -0.4 is 21.7 Å². The zero-order chi connectivity index (χ0) is 21.9. The maximum atomic E-state index is 12.5. The number of alkyl carbamates (subject to hydrolysis) is 1. The van der Waals surface area contributed by atoms with Crippen molar-refractivity contribution in [1.29, 1.82) is 0 Å². The summed E-state index contributed by atoms with van der Waals surface area (Å²) in [7, 11) is 0. The number of aliphatic hydroxyl groups excluding tert-OH is 1. The normalized spacial score (nSPS) is 12.0. The molecule has 1 atom stereocenters. The molecule has 6 N–H and O–H groups in total. The molecule has 1 aromatic rings. The summed E-state index contributed by atoms with van der Waals surface area (Å²) in [5, 5.41) is 17.1. The summed E-state index contributed by atoms with van der Waals surface area (Å²) in [5.41, 5.74) is 6.07. The Morgan fingerprint density at radius 2 is 1.79 bits per heavy atom. The van der Waals surface area contributed by atoms with Crippen LogP contribution in [0.2, 0.25) is 0 Å². The summed E-state index contributed by atoms with van der Waals surface area (Å²) in [4.78, 5) is 35.8. The van der Waals surface area contributed by atoms with Crippen molar-refractivity contribution in [1.82, 2.24) is 10.6 Å². The Bertz CT molecular complexity index is 670. The molecule has 162 valence electrons. The third-order valence-corrected chi connectivity index (χ3v) is 3.83. The molecule has 0 saturated carbocycles. The van der Waals surface area contributed by atoms with Gasteiger partial charge in [-0.15, -0.1) is 0 Å². The predicted molar refractivity (Wildman–Crippen MR) is 110 cm³/mol. The van der Waals surface area contributed by atoms with Crippen molar-refractivity contribution in [2.45, 2.75) is 58.3 Å². The molecule has 3 amide bonds. The van der Waals surface area contributed by atoms with E-state index in [9.17, 15) is 14.4 Å². The van der Waals surface area contributed by atoms with Crippen LogP contribution in [0.4, 0.5) is 10.5 Å². The van der Waals surface area contributed by atoms with Crippen molar-refractivity contribution in [3.05, 3.63) is 29.8 Å². The molecule has 1 aromatic carbocycles. The van der Waals surface area contributed by atoms with Gasteiger partial charge in [0, 0.05) is 12.2 Å². The van der Waals surface area contributed by atoms with Gasteiger partial charge in [0.2, 0.25) is 11.8 Å². The van der Waals surface area contributed by atoms with Crippen LogP contribution in [0.3, 0.4) is 0 Å². The summed E-state index contributed by atoms with van der Waals surface area (Å²) in [5.74, 6) is -0.781. The summed E-state index contributed by atoms with van der Waals surface area (Å²) in [6, 6.07) is 6.01. The highest BCUT2D eigenvalue weighted by Gasteiger charge is 2.20. The SMILES string of the molecule is CC(C)(C)OC(=O)NCCCCC(NC(=O)CN)C(=O)Nc1ccc(CO)cc1. The second-order valence-corrected chi connectivity index (χ2v) is 7.59. The number of nitrogens with two attached hydrogens (primary N) is 1. The van der Waals surface area contributed by atoms with Crippen LogP contribution in [-0.4, -0.2) is 47.7 Å². The monoisotopic (exact) mass is 408 g/mol. The number of nitrogens with one attached hydrogen (secondary N) is 3. The Hall–Kier alpha value is -2.65. The fraction of sp³-hybridized carbons (Fsp3) is 0.550. The van der Waals surface area contributed by atoms with E-state index >= 15 is 0 Å². The molecule has 0 saturated heterocycles. The van der Waals surface area contributed by atoms with Crippen molar-refractivity contribution in [3.63, 3.8) is 0 Å². The van der Waals surface area contributed by atoms with E-state index in [1.807, 2.05) is 0 Å². The van der Waals surface area contributed by atoms with E-state index in [0.717, 1.165) is 5.56 Å². The minimum Gasteiger partial charge on any atom is -0.444 e. The first-order valence-electron chi connectivity index (χ1n) is 9.61. The minimum atomic E-state index is -0.745. The Morgan fingerprint density at radius 1 is 1.14 bits per heavy atom. The van der Waals surface area contributed by atoms with Gasteiger partial charge in [0.05, 0.1) is 13.2 Å². The van der Waals surface area contributed by atoms with Crippen molar-refractivity contribution in [2.75, 3.05) is 18.4 Å². The average molecular weight is 408 g/mol. The highest BCUT2D eigenvalue weighted by Crippen LogP contribution is 2.11. The fourth-order valence-electron chi connectivity index (χ4n) is 2.42. The molecule has 0 aliphatic carbocycles. The topological polar surface area (TPSA) is 143 Å². The van der Waals surface area contributed by atoms with Crippen molar-refractivity contribution in [3.8, 4) is 0 Å². The van der Waals surface area contributed by atoms with Crippen LogP contribution in [0, 0.1) is 0 Å². The highest BCUT2D eigenvalue weighted by molar-refractivity contribution is 5.97. The molecule has 0 spiro atoms. The smallest absolute Gasteiger partial charge is 0.407 e. The largest absolute Gasteiger partial charge is 0.444 e. The van der Waals surface area contributed by atoms with Crippen molar-refractivity contribution in [2.24, 2.45) is 5.73 Å². The number of hydrogen-bond acceptors (Lipinski definition) is 6. The molecule has 0 radical (unpaired) electrons. The number of carbonyl (C=O) groups excluding carboxylic acids is 3. The molecule has 9 heteroatoms. The van der Waals surface area contributed by atoms with Gasteiger partial charge in [-0.1, -0.05) is 12.1 Å². The molecule has 9 nitrogen and oxygen atoms in total. The number of amides is 3. The number of benzene rings is 1. The average Bonchev–Trinajstić information content (AvgIpc) is 2.65. The van der Waals surface area contributed by atoms with Gasteiger partial charge >= 0.3 is 6.09 Å². The molecule has 1 unspecified atom stereocenters. The first-order chi connectivity index (χ1) is 13.6. The highest BCUT2D eigenvalue weighted by atomic mass is 16.6. The molecule has 0 heterocycles. The summed E-state index contributed by atoms with van der Waals surface area (Å²) in [6.07, 6.45) is 1.12. The number of anilines is 1. The molecule has 1 rings (SSSR count). The second kappa shape index (κ2) is 12.0. The number of aliphatic hydroxyl groups is 1. The minimum absolute atomic E-state index is 0.0826. The Kier molecular flexibility index (Phi) is 10.1. The molecule has 0 aliphatic heterocycles. The Labute approximate surface area is 171 Å². The van der Waals surface area contributed by atoms with Crippen LogP contribution in [0.25, 0.3) is 0 Å². The van der Waals surface area contributed by atoms with Gasteiger partial charge in [-0.2, -0.15) is 0 Å². The molecule has 0 aliphatic rings. The van der Waals surface area contributed by atoms with E-state index in [2.05, 4.69) is 16.0 Å². The molecule has 29 heavy (non-hydrogen) atoms. The third-order valence-electron chi connectivity index (χ3n) is 3.83. The maximum absolute atomic E-state index is 12.5. The van der Waals surface area contributed by atoms with Gasteiger partial charge < -0.3 is 31.5 Å². The van der Waals surface area contributed by atoms with Gasteiger partial charge in [-0.25, -0.2) is 4.79 Å². The van der Waals surface area contributed by atoms with E-state index in [-0.39, 0.29) is 19.1 Å². The van der Waals surface area contributed by atoms with E-state index in [0.29, 0.717) is 31.5 Å². The fourth-order valence-corrected chi connectivity index (χ4v) is 2.42. The van der Waals surface area contributed by atoms with Crippen LogP contribution in [-0.2, 0) is 20.9 Å². The van der Waals surface area contributed by atoms with Crippen LogP contribution in [0.1, 0.15) is 45.6 Å². The summed E-state index contributed by atoms with van der Waals surface area (Å²) >= 11 is 0. The lowest BCUT2D eigenvalue weighted by molar-refractivity contribution is -0.125. The first kappa shape index (κ1) is 24.4.